The van der Waals surface area contributed by atoms with Gasteiger partial charge in [0.1, 0.15) is 0 Å². The topological polar surface area (TPSA) is 32.3 Å². The fraction of sp³-hybridized carbons (Fsp3) is 0.533. The van der Waals surface area contributed by atoms with E-state index in [0.717, 1.165) is 13.1 Å². The second-order valence-corrected chi connectivity index (χ2v) is 4.58. The van der Waals surface area contributed by atoms with Crippen molar-refractivity contribution < 1.29 is 4.79 Å². The third-order valence-corrected chi connectivity index (χ3v) is 3.26. The van der Waals surface area contributed by atoms with Gasteiger partial charge in [-0.15, -0.1) is 0 Å². The lowest BCUT2D eigenvalue weighted by Gasteiger charge is -2.30. The van der Waals surface area contributed by atoms with Crippen LogP contribution in [0.1, 0.15) is 37.9 Å². The Bertz CT molecular complexity index is 369. The van der Waals surface area contributed by atoms with Crippen LogP contribution in [0, 0.1) is 6.92 Å². The third-order valence-electron chi connectivity index (χ3n) is 3.26. The van der Waals surface area contributed by atoms with Gasteiger partial charge < -0.3 is 5.32 Å². The summed E-state index contributed by atoms with van der Waals surface area (Å²) in [7, 11) is 0. The SMILES string of the molecule is CCN(CC)C(CNC(C)=O)c1ccc(C)cc1. The number of carbonyl (C=O) groups is 1. The van der Waals surface area contributed by atoms with Gasteiger partial charge in [-0.05, 0) is 25.6 Å². The molecule has 1 unspecified atom stereocenters. The summed E-state index contributed by atoms with van der Waals surface area (Å²) < 4.78 is 0. The molecule has 0 heterocycles. The molecule has 0 aliphatic carbocycles. The molecule has 1 atom stereocenters. The van der Waals surface area contributed by atoms with Crippen molar-refractivity contribution in [1.82, 2.24) is 10.2 Å². The summed E-state index contributed by atoms with van der Waals surface area (Å²) in [6, 6.07) is 8.81. The summed E-state index contributed by atoms with van der Waals surface area (Å²) in [5.74, 6) is 0.0271. The first-order chi connectivity index (χ1) is 8.58. The molecule has 1 amide bonds. The van der Waals surface area contributed by atoms with Gasteiger partial charge >= 0.3 is 0 Å². The van der Waals surface area contributed by atoms with Crippen LogP contribution in [-0.4, -0.2) is 30.4 Å². The van der Waals surface area contributed by atoms with E-state index in [2.05, 4.69) is 55.3 Å². The minimum Gasteiger partial charge on any atom is -0.354 e. The van der Waals surface area contributed by atoms with Gasteiger partial charge in [-0.25, -0.2) is 0 Å². The van der Waals surface area contributed by atoms with Crippen LogP contribution in [0.3, 0.4) is 0 Å². The first kappa shape index (κ1) is 14.7. The van der Waals surface area contributed by atoms with E-state index in [9.17, 15) is 4.79 Å². The Morgan fingerprint density at radius 3 is 2.22 bits per heavy atom. The van der Waals surface area contributed by atoms with Crippen molar-refractivity contribution in [1.29, 1.82) is 0 Å². The van der Waals surface area contributed by atoms with E-state index in [1.807, 2.05) is 0 Å². The van der Waals surface area contributed by atoms with E-state index in [0.29, 0.717) is 6.54 Å². The van der Waals surface area contributed by atoms with Gasteiger partial charge in [0.2, 0.25) is 5.91 Å². The van der Waals surface area contributed by atoms with Crippen molar-refractivity contribution in [3.63, 3.8) is 0 Å². The Kier molecular flexibility index (Phi) is 5.86. The standard InChI is InChI=1S/C15H24N2O/c1-5-17(6-2)15(11-16-13(4)18)14-9-7-12(3)8-10-14/h7-10,15H,5-6,11H2,1-4H3,(H,16,18). The molecule has 3 nitrogen and oxygen atoms in total. The van der Waals surface area contributed by atoms with Crippen LogP contribution in [0.25, 0.3) is 0 Å². The van der Waals surface area contributed by atoms with Gasteiger partial charge in [0.25, 0.3) is 0 Å². The average Bonchev–Trinajstić information content (AvgIpc) is 2.35. The maximum Gasteiger partial charge on any atom is 0.216 e. The predicted molar refractivity (Wildman–Crippen MR) is 75.5 cm³/mol. The number of hydrogen-bond acceptors (Lipinski definition) is 2. The Labute approximate surface area is 110 Å². The molecule has 1 aromatic rings. The highest BCUT2D eigenvalue weighted by atomic mass is 16.1. The fourth-order valence-corrected chi connectivity index (χ4v) is 2.15. The molecule has 0 aliphatic heterocycles. The second kappa shape index (κ2) is 7.17. The summed E-state index contributed by atoms with van der Waals surface area (Å²) in [5.41, 5.74) is 2.52. The van der Waals surface area contributed by atoms with Crippen LogP contribution in [-0.2, 0) is 4.79 Å². The molecule has 100 valence electrons. The zero-order valence-corrected chi connectivity index (χ0v) is 11.9. The number of nitrogens with one attached hydrogen (secondary N) is 1. The van der Waals surface area contributed by atoms with Crippen LogP contribution >= 0.6 is 0 Å². The Morgan fingerprint density at radius 1 is 1.22 bits per heavy atom. The highest BCUT2D eigenvalue weighted by Crippen LogP contribution is 2.20. The van der Waals surface area contributed by atoms with E-state index >= 15 is 0 Å². The molecule has 18 heavy (non-hydrogen) atoms. The molecular weight excluding hydrogens is 224 g/mol. The smallest absolute Gasteiger partial charge is 0.216 e. The van der Waals surface area contributed by atoms with E-state index in [1.165, 1.54) is 11.1 Å². The molecule has 0 spiro atoms. The van der Waals surface area contributed by atoms with Crippen molar-refractivity contribution in [3.8, 4) is 0 Å². The highest BCUT2D eigenvalue weighted by molar-refractivity contribution is 5.72. The lowest BCUT2D eigenvalue weighted by molar-refractivity contribution is -0.119. The van der Waals surface area contributed by atoms with Crippen molar-refractivity contribution >= 4 is 5.91 Å². The molecule has 3 heteroatoms. The first-order valence-electron chi connectivity index (χ1n) is 6.63. The number of rotatable bonds is 6. The zero-order valence-electron chi connectivity index (χ0n) is 11.9. The summed E-state index contributed by atoms with van der Waals surface area (Å²) in [4.78, 5) is 13.5. The first-order valence-corrected chi connectivity index (χ1v) is 6.63. The largest absolute Gasteiger partial charge is 0.354 e. The molecule has 1 rings (SSSR count). The Morgan fingerprint density at radius 2 is 1.78 bits per heavy atom. The Balaban J connectivity index is 2.88. The Hall–Kier alpha value is -1.35. The van der Waals surface area contributed by atoms with Crippen LogP contribution in [0.5, 0.6) is 0 Å². The van der Waals surface area contributed by atoms with Gasteiger partial charge in [-0.2, -0.15) is 0 Å². The van der Waals surface area contributed by atoms with Gasteiger partial charge in [-0.3, -0.25) is 9.69 Å². The van der Waals surface area contributed by atoms with Crippen molar-refractivity contribution in [3.05, 3.63) is 35.4 Å². The predicted octanol–water partition coefficient (Wildman–Crippen LogP) is 2.51. The van der Waals surface area contributed by atoms with Crippen molar-refractivity contribution in [2.75, 3.05) is 19.6 Å². The lowest BCUT2D eigenvalue weighted by Crippen LogP contribution is -2.37. The maximum absolute atomic E-state index is 11.1. The van der Waals surface area contributed by atoms with Crippen LogP contribution in [0.15, 0.2) is 24.3 Å². The third kappa shape index (κ3) is 4.15. The van der Waals surface area contributed by atoms with Gasteiger partial charge in [0.15, 0.2) is 0 Å². The molecular formula is C15H24N2O. The number of carbonyl (C=O) groups excluding carboxylic acids is 1. The summed E-state index contributed by atoms with van der Waals surface area (Å²) in [6.45, 7) is 10.6. The highest BCUT2D eigenvalue weighted by Gasteiger charge is 2.17. The number of hydrogen-bond donors (Lipinski definition) is 1. The summed E-state index contributed by atoms with van der Waals surface area (Å²) >= 11 is 0. The van der Waals surface area contributed by atoms with E-state index in [-0.39, 0.29) is 11.9 Å². The molecule has 0 aromatic heterocycles. The van der Waals surface area contributed by atoms with E-state index < -0.39 is 0 Å². The number of aryl methyl sites for hydroxylation is 1. The van der Waals surface area contributed by atoms with Crippen molar-refractivity contribution in [2.24, 2.45) is 0 Å². The van der Waals surface area contributed by atoms with Crippen LogP contribution in [0.2, 0.25) is 0 Å². The monoisotopic (exact) mass is 248 g/mol. The molecule has 0 saturated heterocycles. The normalized spacial score (nSPS) is 12.5. The lowest BCUT2D eigenvalue weighted by atomic mass is 10.0. The second-order valence-electron chi connectivity index (χ2n) is 4.58. The molecule has 1 N–H and O–H groups in total. The number of amides is 1. The molecule has 1 aromatic carbocycles. The maximum atomic E-state index is 11.1. The molecule has 0 radical (unpaired) electrons. The molecule has 0 bridgehead atoms. The number of likely N-dealkylation sites (N-methyl/N-ethyl adjacent to an activating group) is 1. The van der Waals surface area contributed by atoms with Gasteiger partial charge in [0.05, 0.1) is 6.04 Å². The van der Waals surface area contributed by atoms with Gasteiger partial charge in [0, 0.05) is 13.5 Å². The molecule has 0 saturated carbocycles. The molecule has 0 aliphatic rings. The van der Waals surface area contributed by atoms with Crippen LogP contribution in [0.4, 0.5) is 0 Å². The minimum atomic E-state index is 0.0271. The van der Waals surface area contributed by atoms with E-state index in [1.54, 1.807) is 6.92 Å². The molecule has 0 fully saturated rings. The summed E-state index contributed by atoms with van der Waals surface area (Å²) in [5, 5.41) is 2.93. The number of benzene rings is 1. The quantitative estimate of drug-likeness (QED) is 0.839. The fourth-order valence-electron chi connectivity index (χ4n) is 2.15. The van der Waals surface area contributed by atoms with Crippen LogP contribution < -0.4 is 5.32 Å². The van der Waals surface area contributed by atoms with E-state index in [4.69, 9.17) is 0 Å². The van der Waals surface area contributed by atoms with Crippen molar-refractivity contribution in [2.45, 2.75) is 33.7 Å². The average molecular weight is 248 g/mol. The van der Waals surface area contributed by atoms with Gasteiger partial charge in [-0.1, -0.05) is 43.7 Å². The zero-order chi connectivity index (χ0) is 13.5. The minimum absolute atomic E-state index is 0.0271. The number of nitrogens with zero attached hydrogens (tertiary/aromatic N) is 1. The summed E-state index contributed by atoms with van der Waals surface area (Å²) in [6.07, 6.45) is 0.